The average Bonchev–Trinajstić information content (AvgIpc) is 2.91. The molecule has 194 valence electrons. The lowest BCUT2D eigenvalue weighted by Gasteiger charge is -2.13. The van der Waals surface area contributed by atoms with Crippen molar-refractivity contribution in [2.75, 3.05) is 14.2 Å². The van der Waals surface area contributed by atoms with Crippen molar-refractivity contribution in [1.82, 2.24) is 5.32 Å². The highest BCUT2D eigenvalue weighted by atomic mass is 127. The second-order valence-corrected chi connectivity index (χ2v) is 8.67. The molecule has 13 heteroatoms. The Bertz CT molecular complexity index is 1470. The lowest BCUT2D eigenvalue weighted by atomic mass is 10.1. The molecule has 3 rings (SSSR count). The maximum absolute atomic E-state index is 12.6. The van der Waals surface area contributed by atoms with E-state index in [4.69, 9.17) is 14.2 Å². The molecule has 12 nitrogen and oxygen atoms in total. The number of halogens is 1. The van der Waals surface area contributed by atoms with Gasteiger partial charge in [-0.15, -0.1) is 0 Å². The lowest BCUT2D eigenvalue weighted by molar-refractivity contribution is -0.394. The fraction of sp³-hybridized carbons (Fsp3) is 0.120. The highest BCUT2D eigenvalue weighted by Gasteiger charge is 2.23. The number of hydrogen-bond donors (Lipinski definition) is 1. The molecule has 0 unspecified atom stereocenters. The zero-order chi connectivity index (χ0) is 27.8. The van der Waals surface area contributed by atoms with Crippen LogP contribution in [0.3, 0.4) is 0 Å². The summed E-state index contributed by atoms with van der Waals surface area (Å²) in [5.74, 6) is 0.142. The molecule has 38 heavy (non-hydrogen) atoms. The third kappa shape index (κ3) is 6.73. The van der Waals surface area contributed by atoms with E-state index >= 15 is 0 Å². The largest absolute Gasteiger partial charge is 0.497 e. The SMILES string of the molecule is COc1ccc(CNC(=O)/C(C#N)=C/c2cc(I)c(Oc3ccc([N+](=O)[O-])cc3[N+](=O)[O-])c(OC)c2)cc1. The number of rotatable bonds is 10. The van der Waals surface area contributed by atoms with Crippen molar-refractivity contribution >= 4 is 45.9 Å². The van der Waals surface area contributed by atoms with Crippen LogP contribution in [0.1, 0.15) is 11.1 Å². The molecule has 0 radical (unpaired) electrons. The van der Waals surface area contributed by atoms with Crippen molar-refractivity contribution in [3.63, 3.8) is 0 Å². The Morgan fingerprint density at radius 1 is 1.03 bits per heavy atom. The molecule has 0 aliphatic heterocycles. The van der Waals surface area contributed by atoms with Gasteiger partial charge in [0.2, 0.25) is 5.75 Å². The first kappa shape index (κ1) is 27.9. The summed E-state index contributed by atoms with van der Waals surface area (Å²) in [5, 5.41) is 34.7. The van der Waals surface area contributed by atoms with Gasteiger partial charge >= 0.3 is 5.69 Å². The van der Waals surface area contributed by atoms with E-state index in [9.17, 15) is 30.3 Å². The van der Waals surface area contributed by atoms with Crippen LogP contribution < -0.4 is 19.5 Å². The molecule has 0 aliphatic carbocycles. The Morgan fingerprint density at radius 2 is 1.74 bits per heavy atom. The van der Waals surface area contributed by atoms with Crippen LogP contribution in [0.2, 0.25) is 0 Å². The smallest absolute Gasteiger partial charge is 0.318 e. The van der Waals surface area contributed by atoms with Crippen molar-refractivity contribution in [2.24, 2.45) is 0 Å². The van der Waals surface area contributed by atoms with Gasteiger partial charge in [0.15, 0.2) is 11.5 Å². The van der Waals surface area contributed by atoms with Gasteiger partial charge in [-0.25, -0.2) is 0 Å². The van der Waals surface area contributed by atoms with Crippen molar-refractivity contribution < 1.29 is 28.9 Å². The number of benzene rings is 3. The molecule has 3 aromatic carbocycles. The Labute approximate surface area is 229 Å². The predicted molar refractivity (Wildman–Crippen MR) is 144 cm³/mol. The van der Waals surface area contributed by atoms with Crippen LogP contribution >= 0.6 is 22.6 Å². The van der Waals surface area contributed by atoms with Crippen molar-refractivity contribution in [3.05, 3.63) is 95.1 Å². The normalized spacial score (nSPS) is 10.7. The fourth-order valence-electron chi connectivity index (χ4n) is 3.22. The van der Waals surface area contributed by atoms with Gasteiger partial charge in [0.1, 0.15) is 17.4 Å². The minimum atomic E-state index is -0.789. The third-order valence-electron chi connectivity index (χ3n) is 5.10. The van der Waals surface area contributed by atoms with E-state index in [0.717, 1.165) is 23.8 Å². The molecule has 0 aromatic heterocycles. The molecule has 1 amide bonds. The number of carbonyl (C=O) groups excluding carboxylic acids is 1. The number of hydrogen-bond acceptors (Lipinski definition) is 9. The van der Waals surface area contributed by atoms with Crippen molar-refractivity contribution in [3.8, 4) is 29.1 Å². The number of amides is 1. The maximum Gasteiger partial charge on any atom is 0.318 e. The number of non-ortho nitro benzene ring substituents is 1. The lowest BCUT2D eigenvalue weighted by Crippen LogP contribution is -2.23. The number of nitriles is 1. The zero-order valence-electron chi connectivity index (χ0n) is 20.0. The fourth-order valence-corrected chi connectivity index (χ4v) is 3.95. The van der Waals surface area contributed by atoms with Crippen LogP contribution in [-0.4, -0.2) is 30.0 Å². The van der Waals surface area contributed by atoms with Gasteiger partial charge in [0.25, 0.3) is 11.6 Å². The molecular weight excluding hydrogens is 611 g/mol. The number of carbonyl (C=O) groups is 1. The van der Waals surface area contributed by atoms with E-state index in [0.29, 0.717) is 14.9 Å². The number of nitro benzene ring substituents is 2. The molecule has 0 saturated carbocycles. The molecule has 0 fully saturated rings. The quantitative estimate of drug-likeness (QED) is 0.105. The molecule has 0 atom stereocenters. The van der Waals surface area contributed by atoms with Crippen LogP contribution in [0.5, 0.6) is 23.0 Å². The Hall–Kier alpha value is -4.71. The topological polar surface area (TPSA) is 167 Å². The van der Waals surface area contributed by atoms with Crippen LogP contribution in [0, 0.1) is 35.1 Å². The second-order valence-electron chi connectivity index (χ2n) is 7.50. The second kappa shape index (κ2) is 12.5. The van der Waals surface area contributed by atoms with E-state index in [1.807, 2.05) is 28.7 Å². The molecule has 0 aliphatic rings. The summed E-state index contributed by atoms with van der Waals surface area (Å²) in [6.07, 6.45) is 1.37. The Balaban J connectivity index is 1.86. The number of nitro groups is 2. The summed E-state index contributed by atoms with van der Waals surface area (Å²) in [5.41, 5.74) is 0.0419. The van der Waals surface area contributed by atoms with Gasteiger partial charge in [-0.1, -0.05) is 12.1 Å². The highest BCUT2D eigenvalue weighted by Crippen LogP contribution is 2.41. The highest BCUT2D eigenvalue weighted by molar-refractivity contribution is 14.1. The average molecular weight is 630 g/mol. The maximum atomic E-state index is 12.6. The van der Waals surface area contributed by atoms with Crippen LogP contribution in [0.25, 0.3) is 6.08 Å². The molecule has 0 bridgehead atoms. The van der Waals surface area contributed by atoms with Gasteiger partial charge in [-0.05, 0) is 70.1 Å². The summed E-state index contributed by atoms with van der Waals surface area (Å²) < 4.78 is 16.6. The van der Waals surface area contributed by atoms with Gasteiger partial charge < -0.3 is 19.5 Å². The van der Waals surface area contributed by atoms with Gasteiger partial charge in [-0.2, -0.15) is 5.26 Å². The summed E-state index contributed by atoms with van der Waals surface area (Å²) >= 11 is 1.91. The molecule has 0 spiro atoms. The van der Waals surface area contributed by atoms with Gasteiger partial charge in [-0.3, -0.25) is 25.0 Å². The minimum absolute atomic E-state index is 0.115. The standard InChI is InChI=1S/C25H19IN4O8/c1-36-19-6-3-15(4-7-19)14-28-25(31)17(13-27)9-16-10-20(26)24(23(11-16)37-2)38-22-8-5-18(29(32)33)12-21(22)30(34)35/h3-12H,14H2,1-2H3,(H,28,31)/b17-9+. The Morgan fingerprint density at radius 3 is 2.32 bits per heavy atom. The summed E-state index contributed by atoms with van der Waals surface area (Å²) in [6, 6.07) is 15.1. The van der Waals surface area contributed by atoms with Crippen molar-refractivity contribution in [1.29, 1.82) is 5.26 Å². The molecule has 0 heterocycles. The summed E-state index contributed by atoms with van der Waals surface area (Å²) in [7, 11) is 2.90. The first-order valence-electron chi connectivity index (χ1n) is 10.7. The number of nitrogens with one attached hydrogen (secondary N) is 1. The Kier molecular flexibility index (Phi) is 9.17. The van der Waals surface area contributed by atoms with E-state index in [1.54, 1.807) is 37.4 Å². The zero-order valence-corrected chi connectivity index (χ0v) is 22.1. The van der Waals surface area contributed by atoms with E-state index in [2.05, 4.69) is 5.32 Å². The van der Waals surface area contributed by atoms with E-state index < -0.39 is 27.1 Å². The minimum Gasteiger partial charge on any atom is -0.497 e. The summed E-state index contributed by atoms with van der Waals surface area (Å²) in [4.78, 5) is 33.5. The first-order valence-corrected chi connectivity index (χ1v) is 11.8. The van der Waals surface area contributed by atoms with Crippen LogP contribution in [0.15, 0.2) is 60.2 Å². The van der Waals surface area contributed by atoms with Gasteiger partial charge in [0, 0.05) is 12.6 Å². The predicted octanol–water partition coefficient (Wildman–Crippen LogP) is 5.14. The molecule has 3 aromatic rings. The van der Waals surface area contributed by atoms with Gasteiger partial charge in [0.05, 0.1) is 33.7 Å². The number of ether oxygens (including phenoxy) is 3. The molecule has 1 N–H and O–H groups in total. The molecular formula is C25H19IN4O8. The number of methoxy groups -OCH3 is 2. The molecule has 0 saturated heterocycles. The number of nitrogens with zero attached hydrogens (tertiary/aromatic N) is 3. The van der Waals surface area contributed by atoms with Crippen LogP contribution in [0.4, 0.5) is 11.4 Å². The monoisotopic (exact) mass is 630 g/mol. The van der Waals surface area contributed by atoms with E-state index in [1.165, 1.54) is 19.3 Å². The third-order valence-corrected chi connectivity index (χ3v) is 5.90. The van der Waals surface area contributed by atoms with Crippen LogP contribution in [-0.2, 0) is 11.3 Å². The summed E-state index contributed by atoms with van der Waals surface area (Å²) in [6.45, 7) is 0.198. The van der Waals surface area contributed by atoms with Crippen molar-refractivity contribution in [2.45, 2.75) is 6.54 Å². The first-order chi connectivity index (χ1) is 18.2. The van der Waals surface area contributed by atoms with E-state index in [-0.39, 0.29) is 29.4 Å².